The number of aromatic amines is 1. The van der Waals surface area contributed by atoms with Crippen LogP contribution >= 0.6 is 11.8 Å². The topological polar surface area (TPSA) is 338 Å². The van der Waals surface area contributed by atoms with Crippen LogP contribution < -0.4 is 37.2 Å². The minimum absolute atomic E-state index is 0.276. The molecule has 1 aromatic carbocycles. The Hall–Kier alpha value is -5.78. The van der Waals surface area contributed by atoms with Crippen LogP contribution in [0.3, 0.4) is 0 Å². The van der Waals surface area contributed by atoms with Gasteiger partial charge in [0.2, 0.25) is 47.3 Å². The van der Waals surface area contributed by atoms with E-state index in [-0.39, 0.29) is 18.6 Å². The molecule has 338 valence electrons. The highest BCUT2D eigenvalue weighted by molar-refractivity contribution is 7.99. The molecule has 0 spiro atoms. The summed E-state index contributed by atoms with van der Waals surface area (Å²) >= 11 is 1.00. The van der Waals surface area contributed by atoms with Gasteiger partial charge in [-0.1, -0.05) is 45.4 Å². The zero-order chi connectivity index (χ0) is 45.4. The molecule has 2 bridgehead atoms. The van der Waals surface area contributed by atoms with Crippen LogP contribution in [-0.2, 0) is 49.6 Å². The Morgan fingerprint density at radius 1 is 0.839 bits per heavy atom. The van der Waals surface area contributed by atoms with Gasteiger partial charge < -0.3 is 67.5 Å². The summed E-state index contributed by atoms with van der Waals surface area (Å²) in [6.45, 7) is 2.12. The van der Waals surface area contributed by atoms with Gasteiger partial charge in [-0.25, -0.2) is 0 Å². The van der Waals surface area contributed by atoms with Crippen molar-refractivity contribution in [2.75, 3.05) is 32.0 Å². The van der Waals surface area contributed by atoms with Crippen molar-refractivity contribution in [1.29, 1.82) is 0 Å². The smallest absolute Gasteiger partial charge is 0.305 e. The van der Waals surface area contributed by atoms with E-state index in [0.717, 1.165) is 16.7 Å². The number of nitrogens with zero attached hydrogens (tertiary/aromatic N) is 1. The molecule has 1 aromatic heterocycles. The number of carboxylic acids is 1. The van der Waals surface area contributed by atoms with Crippen LogP contribution in [0.1, 0.15) is 45.6 Å². The third kappa shape index (κ3) is 11.4. The van der Waals surface area contributed by atoms with Crippen LogP contribution in [0.25, 0.3) is 10.9 Å². The molecule has 0 radical (unpaired) electrons. The van der Waals surface area contributed by atoms with E-state index in [2.05, 4.69) is 42.2 Å². The van der Waals surface area contributed by atoms with Gasteiger partial charge >= 0.3 is 5.97 Å². The normalized spacial score (nSPS) is 27.8. The average molecular weight is 888 g/mol. The second kappa shape index (κ2) is 20.9. The largest absolute Gasteiger partial charge is 0.481 e. The highest BCUT2D eigenvalue weighted by atomic mass is 32.2. The Morgan fingerprint density at radius 3 is 2.19 bits per heavy atom. The fourth-order valence-electron chi connectivity index (χ4n) is 7.49. The van der Waals surface area contributed by atoms with E-state index in [4.69, 9.17) is 0 Å². The lowest BCUT2D eigenvalue weighted by Crippen LogP contribution is -2.62. The number of carbonyl (C=O) groups is 9. The lowest BCUT2D eigenvalue weighted by Gasteiger charge is -2.32. The number of carboxylic acid groups (broad SMARTS) is 1. The van der Waals surface area contributed by atoms with Crippen LogP contribution in [0, 0.1) is 11.8 Å². The van der Waals surface area contributed by atoms with Gasteiger partial charge in [0.25, 0.3) is 0 Å². The quantitative estimate of drug-likeness (QED) is 0.126. The minimum atomic E-state index is -1.84. The van der Waals surface area contributed by atoms with Crippen molar-refractivity contribution >= 4 is 75.9 Å². The number of H-pyrrole nitrogens is 1. The molecule has 12 N–H and O–H groups in total. The molecule has 0 saturated carbocycles. The number of para-hydroxylation sites is 1. The van der Waals surface area contributed by atoms with Crippen LogP contribution in [0.15, 0.2) is 29.3 Å². The van der Waals surface area contributed by atoms with Crippen molar-refractivity contribution in [2.24, 2.45) is 11.8 Å². The fraction of sp³-hybridized carbons (Fsp3) is 0.564. The van der Waals surface area contributed by atoms with Gasteiger partial charge in [0.15, 0.2) is 0 Å². The van der Waals surface area contributed by atoms with Gasteiger partial charge in [-0.3, -0.25) is 43.2 Å². The van der Waals surface area contributed by atoms with Gasteiger partial charge in [-0.2, -0.15) is 0 Å². The second-order valence-corrected chi connectivity index (χ2v) is 16.7. The zero-order valence-electron chi connectivity index (χ0n) is 34.3. The van der Waals surface area contributed by atoms with Gasteiger partial charge in [0.1, 0.15) is 36.3 Å². The summed E-state index contributed by atoms with van der Waals surface area (Å²) in [7, 11) is 0. The zero-order valence-corrected chi connectivity index (χ0v) is 35.1. The van der Waals surface area contributed by atoms with Crippen LogP contribution in [0.5, 0.6) is 0 Å². The third-order valence-corrected chi connectivity index (χ3v) is 12.4. The molecule has 10 atom stereocenters. The first kappa shape index (κ1) is 47.3. The van der Waals surface area contributed by atoms with Gasteiger partial charge in [-0.15, -0.1) is 11.8 Å². The Bertz CT molecular complexity index is 2070. The molecule has 1 fully saturated rings. The molecule has 5 rings (SSSR count). The summed E-state index contributed by atoms with van der Waals surface area (Å²) in [5, 5.41) is 59.5. The number of thioether (sulfide) groups is 1. The maximum atomic E-state index is 14.4. The third-order valence-electron chi connectivity index (χ3n) is 11.3. The average Bonchev–Trinajstić information content (AvgIpc) is 3.81. The molecule has 62 heavy (non-hydrogen) atoms. The summed E-state index contributed by atoms with van der Waals surface area (Å²) in [5.41, 5.74) is 1.00. The molecule has 4 heterocycles. The van der Waals surface area contributed by atoms with Crippen LogP contribution in [-0.4, -0.2) is 164 Å². The van der Waals surface area contributed by atoms with E-state index >= 15 is 0 Å². The van der Waals surface area contributed by atoms with Crippen molar-refractivity contribution in [1.82, 2.24) is 47.1 Å². The summed E-state index contributed by atoms with van der Waals surface area (Å²) < 4.78 is 0. The number of aliphatic hydroxyl groups is 3. The van der Waals surface area contributed by atoms with E-state index < -0.39 is 146 Å². The fourth-order valence-corrected chi connectivity index (χ4v) is 8.61. The highest BCUT2D eigenvalue weighted by Gasteiger charge is 2.45. The first-order valence-corrected chi connectivity index (χ1v) is 21.2. The number of benzene rings is 1. The number of aliphatic carboxylic acids is 1. The van der Waals surface area contributed by atoms with E-state index in [9.17, 15) is 63.6 Å². The number of nitrogens with one attached hydrogen (secondary N) is 8. The first-order valence-electron chi connectivity index (χ1n) is 20.2. The first-order chi connectivity index (χ1) is 29.4. The van der Waals surface area contributed by atoms with E-state index in [1.807, 2.05) is 0 Å². The van der Waals surface area contributed by atoms with E-state index in [1.165, 1.54) is 6.92 Å². The van der Waals surface area contributed by atoms with Crippen molar-refractivity contribution in [2.45, 2.75) is 99.9 Å². The molecule has 3 aliphatic heterocycles. The Morgan fingerprint density at radius 2 is 1.52 bits per heavy atom. The number of aliphatic hydroxyl groups excluding tert-OH is 3. The maximum absolute atomic E-state index is 14.4. The maximum Gasteiger partial charge on any atom is 0.305 e. The van der Waals surface area contributed by atoms with Crippen molar-refractivity contribution in [3.8, 4) is 0 Å². The number of rotatable bonds is 7. The lowest BCUT2D eigenvalue weighted by molar-refractivity contribution is -0.146. The van der Waals surface area contributed by atoms with Crippen molar-refractivity contribution < 1.29 is 63.6 Å². The molecule has 3 aliphatic rings. The standard InChI is InChI=1S/C39H53N9O13S/c1-4-17(2)31-36(59)41-12-28(52)42-25-16-62-38-21(20-7-5-6-8-22(20)45-38)10-23(33(56)40-13-29(53)46-31)43-37(60)32(18(3)27(51)15-49)47-35(58)26-9-19(50)14-48(26)39(61)24(11-30(54)55)44-34(25)57/h5-8,17-19,23-27,31-32,45,49-51H,4,9-16H2,1-3H3,(H,40,56)(H,41,59)(H,42,52)(H,43,60)(H,44,57)(H,46,53)(H,47,58)(H,54,55)/t17-,18-,19+,23-,24?,25?,26-,27-,31-,32-/m0/s1. The number of hydrogen-bond acceptors (Lipinski definition) is 13. The molecule has 2 aromatic rings. The Labute approximate surface area is 359 Å². The number of carbonyl (C=O) groups excluding carboxylic acids is 8. The minimum Gasteiger partial charge on any atom is -0.481 e. The Kier molecular flexibility index (Phi) is 15.9. The van der Waals surface area contributed by atoms with Gasteiger partial charge in [0, 0.05) is 42.0 Å². The van der Waals surface area contributed by atoms with E-state index in [1.54, 1.807) is 38.1 Å². The number of fused-ring (bicyclic) bond motifs is 5. The van der Waals surface area contributed by atoms with Gasteiger partial charge in [0.05, 0.1) is 43.4 Å². The molecule has 22 nitrogen and oxygen atoms in total. The number of aromatic nitrogens is 1. The predicted molar refractivity (Wildman–Crippen MR) is 218 cm³/mol. The molecular formula is C39H53N9O13S. The molecule has 23 heteroatoms. The molecule has 1 saturated heterocycles. The molecule has 0 aliphatic carbocycles. The summed E-state index contributed by atoms with van der Waals surface area (Å²) in [6, 6.07) is -2.39. The molecular weight excluding hydrogens is 835 g/mol. The van der Waals surface area contributed by atoms with Crippen LogP contribution in [0.4, 0.5) is 0 Å². The summed E-state index contributed by atoms with van der Waals surface area (Å²) in [5.74, 6) is -11.0. The summed E-state index contributed by atoms with van der Waals surface area (Å²) in [6.07, 6.45) is -4.15. The lowest BCUT2D eigenvalue weighted by atomic mass is 9.93. The monoisotopic (exact) mass is 887 g/mol. The highest BCUT2D eigenvalue weighted by Crippen LogP contribution is 2.32. The second-order valence-electron chi connectivity index (χ2n) is 15.7. The molecule has 2 unspecified atom stereocenters. The predicted octanol–water partition coefficient (Wildman–Crippen LogP) is -4.04. The Balaban J connectivity index is 1.69. The van der Waals surface area contributed by atoms with Crippen molar-refractivity contribution in [3.05, 3.63) is 29.8 Å². The molecule has 8 amide bonds. The van der Waals surface area contributed by atoms with Gasteiger partial charge in [-0.05, 0) is 17.5 Å². The van der Waals surface area contributed by atoms with Crippen LogP contribution in [0.2, 0.25) is 0 Å². The SMILES string of the molecule is CC[C@H](C)[C@@H]1NC(=O)CNC(=O)[C@@H]2Cc3c([nH]c4ccccc34)SCC(NC(=O)CNC1=O)C(=O)NC(CC(=O)O)C(=O)N1C[C@H](O)C[C@H]1C(=O)N[C@@H]([C@@H](C)[C@@H](O)CO)C(=O)N2. The summed E-state index contributed by atoms with van der Waals surface area (Å²) in [4.78, 5) is 127. The van der Waals surface area contributed by atoms with Crippen molar-refractivity contribution in [3.63, 3.8) is 0 Å². The van der Waals surface area contributed by atoms with E-state index in [0.29, 0.717) is 27.9 Å². The number of hydrogen-bond donors (Lipinski definition) is 12. The number of amides is 8.